The number of hydrogen-bond donors (Lipinski definition) is 3. The molecule has 3 aromatic heterocycles. The molecule has 12 heteroatoms. The summed E-state index contributed by atoms with van der Waals surface area (Å²) < 4.78 is 16.4. The molecule has 0 aliphatic carbocycles. The van der Waals surface area contributed by atoms with Crippen molar-refractivity contribution in [3.8, 4) is 22.4 Å². The highest BCUT2D eigenvalue weighted by Crippen LogP contribution is 2.40. The van der Waals surface area contributed by atoms with E-state index in [4.69, 9.17) is 0 Å². The van der Waals surface area contributed by atoms with E-state index in [1.54, 1.807) is 44.6 Å². The van der Waals surface area contributed by atoms with Crippen molar-refractivity contribution in [3.05, 3.63) is 48.7 Å². The lowest BCUT2D eigenvalue weighted by molar-refractivity contribution is -0.149. The van der Waals surface area contributed by atoms with Gasteiger partial charge < -0.3 is 15.3 Å². The lowest BCUT2D eigenvalue weighted by atomic mass is 9.80. The number of aliphatic carboxylic acids is 1. The van der Waals surface area contributed by atoms with Gasteiger partial charge in [0.05, 0.1) is 15.8 Å². The van der Waals surface area contributed by atoms with E-state index in [1.807, 2.05) is 17.0 Å². The van der Waals surface area contributed by atoms with Gasteiger partial charge in [-0.15, -0.1) is 0 Å². The van der Waals surface area contributed by atoms with Gasteiger partial charge in [0.15, 0.2) is 10.9 Å². The largest absolute Gasteiger partial charge is 0.481 e. The number of benzene rings is 1. The Morgan fingerprint density at radius 1 is 1.16 bits per heavy atom. The van der Waals surface area contributed by atoms with Gasteiger partial charge in [-0.3, -0.25) is 15.1 Å². The van der Waals surface area contributed by atoms with E-state index in [-0.39, 0.29) is 16.2 Å². The van der Waals surface area contributed by atoms with Gasteiger partial charge in [-0.2, -0.15) is 0 Å². The number of piperidine rings is 1. The minimum atomic E-state index is -0.797. The molecule has 0 spiro atoms. The number of halogens is 1. The van der Waals surface area contributed by atoms with Gasteiger partial charge in [-0.25, -0.2) is 24.1 Å². The number of pyridine rings is 1. The second-order valence-electron chi connectivity index (χ2n) is 9.31. The number of hydrogen-bond acceptors (Lipinski definition) is 8. The summed E-state index contributed by atoms with van der Waals surface area (Å²) in [5.74, 6) is -0.879. The number of nitrogens with zero attached hydrogens (tertiary/aromatic N) is 5. The third-order valence-electron chi connectivity index (χ3n) is 6.72. The number of carboxylic acid groups (broad SMARTS) is 1. The molecule has 0 atom stereocenters. The molecule has 196 valence electrons. The summed E-state index contributed by atoms with van der Waals surface area (Å²) in [5.41, 5.74) is 1.40. The zero-order valence-electron chi connectivity index (χ0n) is 20.9. The van der Waals surface area contributed by atoms with Crippen molar-refractivity contribution in [2.75, 3.05) is 29.9 Å². The molecule has 4 heterocycles. The Kier molecular flexibility index (Phi) is 6.89. The fraction of sp³-hybridized carbons (Fsp3) is 0.308. The van der Waals surface area contributed by atoms with Gasteiger partial charge in [0.1, 0.15) is 5.52 Å². The van der Waals surface area contributed by atoms with Crippen LogP contribution >= 0.6 is 11.3 Å². The smallest absolute Gasteiger partial charge is 0.321 e. The normalized spacial score (nSPS) is 14.9. The Labute approximate surface area is 222 Å². The highest BCUT2D eigenvalue weighted by molar-refractivity contribution is 7.22. The van der Waals surface area contributed by atoms with Crippen LogP contribution in [0.2, 0.25) is 0 Å². The van der Waals surface area contributed by atoms with Gasteiger partial charge in [0.2, 0.25) is 5.95 Å². The van der Waals surface area contributed by atoms with Crippen molar-refractivity contribution in [2.24, 2.45) is 5.41 Å². The van der Waals surface area contributed by atoms with Gasteiger partial charge in [0, 0.05) is 54.9 Å². The fourth-order valence-corrected chi connectivity index (χ4v) is 5.35. The van der Waals surface area contributed by atoms with Crippen LogP contribution in [0.3, 0.4) is 0 Å². The first-order valence-corrected chi connectivity index (χ1v) is 13.0. The van der Waals surface area contributed by atoms with E-state index in [0.29, 0.717) is 59.9 Å². The first-order valence-electron chi connectivity index (χ1n) is 12.2. The van der Waals surface area contributed by atoms with Crippen LogP contribution in [0.1, 0.15) is 26.7 Å². The molecule has 10 nitrogen and oxygen atoms in total. The van der Waals surface area contributed by atoms with Crippen molar-refractivity contribution in [3.63, 3.8) is 0 Å². The number of nitrogens with one attached hydrogen (secondary N) is 2. The monoisotopic (exact) mass is 535 g/mol. The van der Waals surface area contributed by atoms with Crippen LogP contribution in [-0.2, 0) is 4.79 Å². The van der Waals surface area contributed by atoms with E-state index in [9.17, 15) is 14.7 Å². The fourth-order valence-electron chi connectivity index (χ4n) is 4.37. The van der Waals surface area contributed by atoms with Crippen molar-refractivity contribution < 1.29 is 19.1 Å². The van der Waals surface area contributed by atoms with Gasteiger partial charge >= 0.3 is 12.0 Å². The van der Waals surface area contributed by atoms with Crippen LogP contribution in [0, 0.1) is 11.2 Å². The van der Waals surface area contributed by atoms with Crippen LogP contribution in [-0.4, -0.2) is 56.7 Å². The van der Waals surface area contributed by atoms with Gasteiger partial charge in [-0.1, -0.05) is 17.4 Å². The number of carbonyl (C=O) groups excluding carboxylic acids is 1. The Bertz CT molecular complexity index is 1490. The van der Waals surface area contributed by atoms with E-state index in [1.165, 1.54) is 11.3 Å². The van der Waals surface area contributed by atoms with Crippen molar-refractivity contribution in [2.45, 2.75) is 26.7 Å². The number of anilines is 2. The number of thiazole rings is 1. The number of aromatic nitrogens is 4. The SMILES string of the molecule is CCNC(=O)Nc1nc2c(F)c(-c3cnc(N4CCC(C)(C(=O)O)CC4)nc3)cc(-c3ccccn3)c2s1. The average Bonchev–Trinajstić information content (AvgIpc) is 3.34. The van der Waals surface area contributed by atoms with Crippen molar-refractivity contribution in [1.82, 2.24) is 25.3 Å². The standard InChI is InChI=1S/C26H26FN7O3S/c1-3-28-24(37)33-25-32-20-19(27)16(12-17(21(20)38-25)18-6-4-5-9-29-18)15-13-30-23(31-14-15)34-10-7-26(2,8-11-34)22(35)36/h4-6,9,12-14H,3,7-8,10-11H2,1-2H3,(H,35,36)(H2,28,32,33,37). The van der Waals surface area contributed by atoms with E-state index in [2.05, 4.69) is 30.6 Å². The first kappa shape index (κ1) is 25.5. The summed E-state index contributed by atoms with van der Waals surface area (Å²) in [6, 6.07) is 6.75. The number of rotatable bonds is 6. The zero-order chi connectivity index (χ0) is 26.9. The predicted octanol–water partition coefficient (Wildman–Crippen LogP) is 4.79. The van der Waals surface area contributed by atoms with Gasteiger partial charge in [-0.05, 0) is 44.9 Å². The Morgan fingerprint density at radius 2 is 1.89 bits per heavy atom. The lowest BCUT2D eigenvalue weighted by Crippen LogP contribution is -2.43. The quantitative estimate of drug-likeness (QED) is 0.321. The molecule has 38 heavy (non-hydrogen) atoms. The molecule has 0 unspecified atom stereocenters. The lowest BCUT2D eigenvalue weighted by Gasteiger charge is -2.36. The first-order chi connectivity index (χ1) is 18.3. The molecule has 1 aromatic carbocycles. The summed E-state index contributed by atoms with van der Waals surface area (Å²) in [5, 5.41) is 15.0. The van der Waals surface area contributed by atoms with E-state index in [0.717, 1.165) is 0 Å². The summed E-state index contributed by atoms with van der Waals surface area (Å²) in [4.78, 5) is 43.3. The minimum absolute atomic E-state index is 0.119. The van der Waals surface area contributed by atoms with Crippen LogP contribution in [0.25, 0.3) is 32.6 Å². The number of urea groups is 1. The van der Waals surface area contributed by atoms with Gasteiger partial charge in [0.25, 0.3) is 0 Å². The minimum Gasteiger partial charge on any atom is -0.481 e. The number of carboxylic acids is 1. The molecule has 4 aromatic rings. The van der Waals surface area contributed by atoms with Crippen LogP contribution in [0.4, 0.5) is 20.3 Å². The predicted molar refractivity (Wildman–Crippen MR) is 144 cm³/mol. The third-order valence-corrected chi connectivity index (χ3v) is 7.72. The maximum atomic E-state index is 15.8. The second kappa shape index (κ2) is 10.3. The summed E-state index contributed by atoms with van der Waals surface area (Å²) in [6.07, 6.45) is 5.75. The van der Waals surface area contributed by atoms with Crippen molar-refractivity contribution >= 4 is 44.6 Å². The molecular formula is C26H26FN7O3S. The molecule has 3 N–H and O–H groups in total. The maximum Gasteiger partial charge on any atom is 0.321 e. The van der Waals surface area contributed by atoms with E-state index < -0.39 is 23.2 Å². The maximum absolute atomic E-state index is 15.8. The van der Waals surface area contributed by atoms with Crippen LogP contribution < -0.4 is 15.5 Å². The summed E-state index contributed by atoms with van der Waals surface area (Å²) in [7, 11) is 0. The molecule has 1 aliphatic heterocycles. The molecule has 0 bridgehead atoms. The van der Waals surface area contributed by atoms with E-state index >= 15 is 4.39 Å². The molecule has 0 radical (unpaired) electrons. The highest BCUT2D eigenvalue weighted by atomic mass is 32.1. The summed E-state index contributed by atoms with van der Waals surface area (Å²) in [6.45, 7) is 5.04. The van der Waals surface area contributed by atoms with Crippen LogP contribution in [0.15, 0.2) is 42.9 Å². The Balaban J connectivity index is 1.50. The third kappa shape index (κ3) is 4.86. The molecule has 1 saturated heterocycles. The number of fused-ring (bicyclic) bond motifs is 1. The second-order valence-corrected chi connectivity index (χ2v) is 10.3. The molecule has 5 rings (SSSR count). The zero-order valence-corrected chi connectivity index (χ0v) is 21.7. The molecule has 1 fully saturated rings. The number of amides is 2. The molecular weight excluding hydrogens is 509 g/mol. The summed E-state index contributed by atoms with van der Waals surface area (Å²) >= 11 is 1.17. The highest BCUT2D eigenvalue weighted by Gasteiger charge is 2.37. The number of carbonyl (C=O) groups is 2. The molecule has 1 aliphatic rings. The molecule has 2 amide bonds. The van der Waals surface area contributed by atoms with Crippen LogP contribution in [0.5, 0.6) is 0 Å². The van der Waals surface area contributed by atoms with Crippen molar-refractivity contribution in [1.29, 1.82) is 0 Å². The topological polar surface area (TPSA) is 133 Å². The molecule has 0 saturated carbocycles. The Hall–Kier alpha value is -4.19. The Morgan fingerprint density at radius 3 is 2.53 bits per heavy atom. The average molecular weight is 536 g/mol.